The zero-order chi connectivity index (χ0) is 18.0. The fourth-order valence-corrected chi connectivity index (χ4v) is 4.40. The summed E-state index contributed by atoms with van der Waals surface area (Å²) in [6.45, 7) is 8.26. The predicted octanol–water partition coefficient (Wildman–Crippen LogP) is 3.39. The van der Waals surface area contributed by atoms with Gasteiger partial charge in [0.15, 0.2) is 11.0 Å². The fraction of sp³-hybridized carbons (Fsp3) is 0.526. The van der Waals surface area contributed by atoms with Crippen molar-refractivity contribution in [2.45, 2.75) is 32.3 Å². The van der Waals surface area contributed by atoms with Gasteiger partial charge in [-0.1, -0.05) is 49.9 Å². The molecule has 0 saturated carbocycles. The van der Waals surface area contributed by atoms with Gasteiger partial charge < -0.3 is 9.47 Å². The van der Waals surface area contributed by atoms with Gasteiger partial charge in [-0.15, -0.1) is 10.2 Å². The lowest BCUT2D eigenvalue weighted by Crippen LogP contribution is -2.43. The Morgan fingerprint density at radius 1 is 1.20 bits per heavy atom. The SMILES string of the molecule is Cc1ccccc1-c1nnc(SCC(=O)N2CC(C)CC(C)C2)n1C. The molecule has 0 aliphatic carbocycles. The zero-order valence-corrected chi connectivity index (χ0v) is 16.2. The molecule has 0 radical (unpaired) electrons. The second kappa shape index (κ2) is 7.60. The maximum absolute atomic E-state index is 12.6. The Bertz CT molecular complexity index is 748. The first-order valence-corrected chi connectivity index (χ1v) is 9.80. The average molecular weight is 359 g/mol. The van der Waals surface area contributed by atoms with Crippen molar-refractivity contribution in [2.75, 3.05) is 18.8 Å². The summed E-state index contributed by atoms with van der Waals surface area (Å²) in [6, 6.07) is 8.14. The minimum Gasteiger partial charge on any atom is -0.341 e. The van der Waals surface area contributed by atoms with E-state index in [9.17, 15) is 4.79 Å². The van der Waals surface area contributed by atoms with Crippen LogP contribution in [0.3, 0.4) is 0 Å². The minimum atomic E-state index is 0.198. The van der Waals surface area contributed by atoms with Crippen LogP contribution in [0, 0.1) is 18.8 Å². The van der Waals surface area contributed by atoms with Crippen LogP contribution in [0.1, 0.15) is 25.8 Å². The Morgan fingerprint density at radius 2 is 1.88 bits per heavy atom. The molecular formula is C19H26N4OS. The molecule has 1 aromatic carbocycles. The molecule has 3 rings (SSSR count). The zero-order valence-electron chi connectivity index (χ0n) is 15.4. The molecule has 1 aliphatic rings. The average Bonchev–Trinajstić information content (AvgIpc) is 2.93. The summed E-state index contributed by atoms with van der Waals surface area (Å²) in [7, 11) is 1.96. The largest absolute Gasteiger partial charge is 0.341 e. The van der Waals surface area contributed by atoms with Gasteiger partial charge in [-0.2, -0.15) is 0 Å². The Kier molecular flexibility index (Phi) is 5.47. The first-order valence-electron chi connectivity index (χ1n) is 8.81. The van der Waals surface area contributed by atoms with Crippen molar-refractivity contribution in [1.82, 2.24) is 19.7 Å². The number of nitrogens with zero attached hydrogens (tertiary/aromatic N) is 4. The highest BCUT2D eigenvalue weighted by Crippen LogP contribution is 2.26. The number of rotatable bonds is 4. The van der Waals surface area contributed by atoms with Crippen molar-refractivity contribution in [2.24, 2.45) is 18.9 Å². The molecule has 6 heteroatoms. The number of piperidine rings is 1. The van der Waals surface area contributed by atoms with E-state index in [1.165, 1.54) is 23.7 Å². The summed E-state index contributed by atoms with van der Waals surface area (Å²) in [5, 5.41) is 9.40. The molecule has 25 heavy (non-hydrogen) atoms. The van der Waals surface area contributed by atoms with E-state index in [1.54, 1.807) is 0 Å². The number of benzene rings is 1. The molecule has 2 atom stereocenters. The van der Waals surface area contributed by atoms with Crippen molar-refractivity contribution in [3.8, 4) is 11.4 Å². The molecule has 2 heterocycles. The molecule has 0 bridgehead atoms. The Balaban J connectivity index is 1.66. The van der Waals surface area contributed by atoms with E-state index in [0.717, 1.165) is 29.6 Å². The maximum atomic E-state index is 12.6. The molecule has 1 fully saturated rings. The third-order valence-corrected chi connectivity index (χ3v) is 5.77. The van der Waals surface area contributed by atoms with Crippen molar-refractivity contribution >= 4 is 17.7 Å². The summed E-state index contributed by atoms with van der Waals surface area (Å²) >= 11 is 1.47. The van der Waals surface area contributed by atoms with Gasteiger partial charge in [-0.3, -0.25) is 4.79 Å². The van der Waals surface area contributed by atoms with E-state index < -0.39 is 0 Å². The monoisotopic (exact) mass is 358 g/mol. The molecule has 0 N–H and O–H groups in total. The third-order valence-electron chi connectivity index (χ3n) is 4.77. The van der Waals surface area contributed by atoms with E-state index in [2.05, 4.69) is 43.1 Å². The lowest BCUT2D eigenvalue weighted by atomic mass is 9.92. The molecule has 1 aliphatic heterocycles. The van der Waals surface area contributed by atoms with E-state index in [4.69, 9.17) is 0 Å². The van der Waals surface area contributed by atoms with Gasteiger partial charge in [0, 0.05) is 25.7 Å². The number of hydrogen-bond donors (Lipinski definition) is 0. The van der Waals surface area contributed by atoms with Crippen LogP contribution >= 0.6 is 11.8 Å². The number of hydrogen-bond acceptors (Lipinski definition) is 4. The van der Waals surface area contributed by atoms with E-state index in [1.807, 2.05) is 28.6 Å². The highest BCUT2D eigenvalue weighted by Gasteiger charge is 2.25. The maximum Gasteiger partial charge on any atom is 0.233 e. The highest BCUT2D eigenvalue weighted by atomic mass is 32.2. The molecule has 2 aromatic rings. The van der Waals surface area contributed by atoms with Gasteiger partial charge in [0.1, 0.15) is 0 Å². The normalized spacial score (nSPS) is 20.7. The first kappa shape index (κ1) is 18.0. The van der Waals surface area contributed by atoms with Gasteiger partial charge >= 0.3 is 0 Å². The number of aryl methyl sites for hydroxylation is 1. The molecule has 1 aromatic heterocycles. The molecule has 1 amide bonds. The molecular weight excluding hydrogens is 332 g/mol. The van der Waals surface area contributed by atoms with Crippen LogP contribution in [0.2, 0.25) is 0 Å². The summed E-state index contributed by atoms with van der Waals surface area (Å²) in [5.41, 5.74) is 2.25. The molecule has 1 saturated heterocycles. The number of carbonyl (C=O) groups excluding carboxylic acids is 1. The summed E-state index contributed by atoms with van der Waals surface area (Å²) < 4.78 is 1.97. The van der Waals surface area contributed by atoms with Crippen molar-refractivity contribution in [1.29, 1.82) is 0 Å². The quantitative estimate of drug-likeness (QED) is 0.786. The topological polar surface area (TPSA) is 51.0 Å². The highest BCUT2D eigenvalue weighted by molar-refractivity contribution is 7.99. The van der Waals surface area contributed by atoms with E-state index in [-0.39, 0.29) is 5.91 Å². The summed E-state index contributed by atoms with van der Waals surface area (Å²) in [6.07, 6.45) is 1.21. The first-order chi connectivity index (χ1) is 12.0. The van der Waals surface area contributed by atoms with Crippen LogP contribution in [0.4, 0.5) is 0 Å². The predicted molar refractivity (Wildman–Crippen MR) is 101 cm³/mol. The Labute approximate surface area is 153 Å². The fourth-order valence-electron chi connectivity index (χ4n) is 3.58. The van der Waals surface area contributed by atoms with Crippen molar-refractivity contribution in [3.63, 3.8) is 0 Å². The standard InChI is InChI=1S/C19H26N4OS/c1-13-9-14(2)11-23(10-13)17(24)12-25-19-21-20-18(22(19)4)16-8-6-5-7-15(16)3/h5-8,13-14H,9-12H2,1-4H3. The van der Waals surface area contributed by atoms with Gasteiger partial charge in [-0.05, 0) is 30.7 Å². The van der Waals surface area contributed by atoms with Crippen LogP contribution in [0.25, 0.3) is 11.4 Å². The molecule has 0 spiro atoms. The Hall–Kier alpha value is -1.82. The smallest absolute Gasteiger partial charge is 0.233 e. The lowest BCUT2D eigenvalue weighted by Gasteiger charge is -2.34. The number of thioether (sulfide) groups is 1. The number of likely N-dealkylation sites (tertiary alicyclic amines) is 1. The van der Waals surface area contributed by atoms with Crippen LogP contribution in [-0.2, 0) is 11.8 Å². The summed E-state index contributed by atoms with van der Waals surface area (Å²) in [4.78, 5) is 14.6. The number of aromatic nitrogens is 3. The Morgan fingerprint density at radius 3 is 2.56 bits per heavy atom. The van der Waals surface area contributed by atoms with Crippen LogP contribution < -0.4 is 0 Å². The van der Waals surface area contributed by atoms with E-state index in [0.29, 0.717) is 17.6 Å². The summed E-state index contributed by atoms with van der Waals surface area (Å²) in [5.74, 6) is 2.62. The number of carbonyl (C=O) groups is 1. The third kappa shape index (κ3) is 4.06. The van der Waals surface area contributed by atoms with E-state index >= 15 is 0 Å². The van der Waals surface area contributed by atoms with Crippen LogP contribution in [-0.4, -0.2) is 44.4 Å². The second-order valence-corrected chi connectivity index (χ2v) is 8.16. The number of amides is 1. The van der Waals surface area contributed by atoms with Gasteiger partial charge in [0.05, 0.1) is 5.75 Å². The minimum absolute atomic E-state index is 0.198. The molecule has 2 unspecified atom stereocenters. The molecule has 5 nitrogen and oxygen atoms in total. The van der Waals surface area contributed by atoms with Crippen LogP contribution in [0.5, 0.6) is 0 Å². The van der Waals surface area contributed by atoms with Gasteiger partial charge in [-0.25, -0.2) is 0 Å². The van der Waals surface area contributed by atoms with Gasteiger partial charge in [0.2, 0.25) is 5.91 Å². The second-order valence-electron chi connectivity index (χ2n) is 7.21. The van der Waals surface area contributed by atoms with Crippen molar-refractivity contribution < 1.29 is 4.79 Å². The lowest BCUT2D eigenvalue weighted by molar-refractivity contribution is -0.130. The molecule has 134 valence electrons. The van der Waals surface area contributed by atoms with Crippen molar-refractivity contribution in [3.05, 3.63) is 29.8 Å². The van der Waals surface area contributed by atoms with Crippen LogP contribution in [0.15, 0.2) is 29.4 Å². The van der Waals surface area contributed by atoms with Gasteiger partial charge in [0.25, 0.3) is 0 Å².